The van der Waals surface area contributed by atoms with Gasteiger partial charge >= 0.3 is 0 Å². The highest BCUT2D eigenvalue weighted by Gasteiger charge is 2.28. The second kappa shape index (κ2) is 3.74. The molecule has 86 valence electrons. The zero-order chi connectivity index (χ0) is 11.8. The topological polar surface area (TPSA) is 26.0 Å². The van der Waals surface area contributed by atoms with Crippen molar-refractivity contribution in [3.8, 4) is 0 Å². The van der Waals surface area contributed by atoms with Crippen LogP contribution in [0.25, 0.3) is 0 Å². The van der Waals surface area contributed by atoms with Crippen LogP contribution < -0.4 is 5.73 Å². The second-order valence-electron chi connectivity index (χ2n) is 5.86. The minimum atomic E-state index is -0.156. The summed E-state index contributed by atoms with van der Waals surface area (Å²) >= 11 is 0. The third-order valence-corrected chi connectivity index (χ3v) is 3.46. The van der Waals surface area contributed by atoms with Crippen molar-refractivity contribution >= 4 is 0 Å². The number of rotatable bonds is 1. The SMILES string of the molecule is CC(C)(C)c1ccc(C2(N)CC=CC2)cc1. The molecule has 0 heterocycles. The van der Waals surface area contributed by atoms with Crippen molar-refractivity contribution in [2.24, 2.45) is 5.73 Å². The lowest BCUT2D eigenvalue weighted by Gasteiger charge is -2.26. The van der Waals surface area contributed by atoms with Crippen LogP contribution in [-0.4, -0.2) is 0 Å². The maximum Gasteiger partial charge on any atom is 0.0479 e. The van der Waals surface area contributed by atoms with Gasteiger partial charge in [-0.15, -0.1) is 0 Å². The molecule has 1 aliphatic carbocycles. The normalized spacial score (nSPS) is 19.0. The summed E-state index contributed by atoms with van der Waals surface area (Å²) in [6.45, 7) is 6.70. The molecule has 1 aromatic carbocycles. The van der Waals surface area contributed by atoms with Crippen LogP contribution >= 0.6 is 0 Å². The van der Waals surface area contributed by atoms with Gasteiger partial charge in [0.25, 0.3) is 0 Å². The molecule has 0 saturated heterocycles. The van der Waals surface area contributed by atoms with Gasteiger partial charge in [0, 0.05) is 5.54 Å². The van der Waals surface area contributed by atoms with E-state index in [4.69, 9.17) is 5.73 Å². The quantitative estimate of drug-likeness (QED) is 0.713. The molecule has 0 saturated carbocycles. The minimum Gasteiger partial charge on any atom is -0.321 e. The van der Waals surface area contributed by atoms with E-state index in [0.29, 0.717) is 0 Å². The lowest BCUT2D eigenvalue weighted by Crippen LogP contribution is -2.33. The van der Waals surface area contributed by atoms with Gasteiger partial charge in [0.1, 0.15) is 0 Å². The van der Waals surface area contributed by atoms with Crippen LogP contribution in [0.2, 0.25) is 0 Å². The lowest BCUT2D eigenvalue weighted by atomic mass is 9.83. The van der Waals surface area contributed by atoms with Gasteiger partial charge in [-0.1, -0.05) is 57.2 Å². The van der Waals surface area contributed by atoms with E-state index in [1.807, 2.05) is 0 Å². The third-order valence-electron chi connectivity index (χ3n) is 3.46. The number of nitrogens with two attached hydrogens (primary N) is 1. The Morgan fingerprint density at radius 3 is 1.94 bits per heavy atom. The summed E-state index contributed by atoms with van der Waals surface area (Å²) in [6, 6.07) is 8.80. The zero-order valence-corrected chi connectivity index (χ0v) is 10.5. The van der Waals surface area contributed by atoms with Gasteiger partial charge in [-0.25, -0.2) is 0 Å². The van der Waals surface area contributed by atoms with Crippen molar-refractivity contribution in [1.29, 1.82) is 0 Å². The van der Waals surface area contributed by atoms with Crippen molar-refractivity contribution in [2.75, 3.05) is 0 Å². The number of benzene rings is 1. The smallest absolute Gasteiger partial charge is 0.0479 e. The number of hydrogen-bond donors (Lipinski definition) is 1. The summed E-state index contributed by atoms with van der Waals surface area (Å²) in [5.41, 5.74) is 9.06. The van der Waals surface area contributed by atoms with Crippen LogP contribution in [-0.2, 0) is 11.0 Å². The Morgan fingerprint density at radius 1 is 1.00 bits per heavy atom. The molecule has 1 heteroatoms. The molecular formula is C15H21N. The van der Waals surface area contributed by atoms with Crippen LogP contribution in [0, 0.1) is 0 Å². The van der Waals surface area contributed by atoms with Gasteiger partial charge in [0.2, 0.25) is 0 Å². The molecule has 0 radical (unpaired) electrons. The molecule has 0 amide bonds. The molecule has 2 N–H and O–H groups in total. The largest absolute Gasteiger partial charge is 0.321 e. The van der Waals surface area contributed by atoms with Crippen LogP contribution in [0.5, 0.6) is 0 Å². The van der Waals surface area contributed by atoms with E-state index in [0.717, 1.165) is 12.8 Å². The molecule has 0 unspecified atom stereocenters. The predicted octanol–water partition coefficient (Wildman–Crippen LogP) is 3.49. The highest BCUT2D eigenvalue weighted by Crippen LogP contribution is 2.33. The Bertz CT molecular complexity index is 384. The molecule has 0 aliphatic heterocycles. The summed E-state index contributed by atoms with van der Waals surface area (Å²) in [4.78, 5) is 0. The Labute approximate surface area is 98.4 Å². The second-order valence-corrected chi connectivity index (χ2v) is 5.86. The molecule has 0 bridgehead atoms. The molecule has 0 atom stereocenters. The van der Waals surface area contributed by atoms with Gasteiger partial charge in [-0.05, 0) is 29.4 Å². The molecule has 1 nitrogen and oxygen atoms in total. The molecule has 0 fully saturated rings. The first-order chi connectivity index (χ1) is 7.42. The fraction of sp³-hybridized carbons (Fsp3) is 0.467. The predicted molar refractivity (Wildman–Crippen MR) is 69.4 cm³/mol. The first-order valence-electron chi connectivity index (χ1n) is 5.97. The summed E-state index contributed by atoms with van der Waals surface area (Å²) in [6.07, 6.45) is 6.28. The van der Waals surface area contributed by atoms with Crippen molar-refractivity contribution in [2.45, 2.75) is 44.6 Å². The van der Waals surface area contributed by atoms with E-state index < -0.39 is 0 Å². The van der Waals surface area contributed by atoms with Gasteiger partial charge in [0.15, 0.2) is 0 Å². The van der Waals surface area contributed by atoms with Crippen molar-refractivity contribution in [3.05, 3.63) is 47.5 Å². The van der Waals surface area contributed by atoms with E-state index >= 15 is 0 Å². The molecule has 1 aliphatic rings. The summed E-state index contributed by atoms with van der Waals surface area (Å²) in [5.74, 6) is 0. The summed E-state index contributed by atoms with van der Waals surface area (Å²) in [5, 5.41) is 0. The van der Waals surface area contributed by atoms with E-state index in [2.05, 4.69) is 57.2 Å². The molecule has 0 spiro atoms. The Morgan fingerprint density at radius 2 is 1.50 bits per heavy atom. The monoisotopic (exact) mass is 215 g/mol. The molecule has 0 aromatic heterocycles. The summed E-state index contributed by atoms with van der Waals surface area (Å²) in [7, 11) is 0. The summed E-state index contributed by atoms with van der Waals surface area (Å²) < 4.78 is 0. The van der Waals surface area contributed by atoms with E-state index in [-0.39, 0.29) is 11.0 Å². The van der Waals surface area contributed by atoms with Gasteiger partial charge in [0.05, 0.1) is 0 Å². The maximum absolute atomic E-state index is 6.38. The Balaban J connectivity index is 2.26. The molecule has 16 heavy (non-hydrogen) atoms. The van der Waals surface area contributed by atoms with Crippen molar-refractivity contribution in [3.63, 3.8) is 0 Å². The van der Waals surface area contributed by atoms with E-state index in [1.165, 1.54) is 11.1 Å². The first-order valence-corrected chi connectivity index (χ1v) is 5.97. The fourth-order valence-corrected chi connectivity index (χ4v) is 2.21. The van der Waals surface area contributed by atoms with Gasteiger partial charge in [-0.3, -0.25) is 0 Å². The van der Waals surface area contributed by atoms with Crippen LogP contribution in [0.3, 0.4) is 0 Å². The Hall–Kier alpha value is -1.08. The fourth-order valence-electron chi connectivity index (χ4n) is 2.21. The Kier molecular flexibility index (Phi) is 2.67. The van der Waals surface area contributed by atoms with Crippen LogP contribution in [0.1, 0.15) is 44.7 Å². The highest BCUT2D eigenvalue weighted by molar-refractivity contribution is 5.33. The number of hydrogen-bond acceptors (Lipinski definition) is 1. The zero-order valence-electron chi connectivity index (χ0n) is 10.5. The molecule has 2 rings (SSSR count). The van der Waals surface area contributed by atoms with E-state index in [1.54, 1.807) is 0 Å². The molecular weight excluding hydrogens is 194 g/mol. The maximum atomic E-state index is 6.38. The van der Waals surface area contributed by atoms with Crippen molar-refractivity contribution < 1.29 is 0 Å². The first kappa shape index (κ1) is 11.4. The van der Waals surface area contributed by atoms with Crippen LogP contribution in [0.15, 0.2) is 36.4 Å². The third kappa shape index (κ3) is 2.05. The lowest BCUT2D eigenvalue weighted by molar-refractivity contribution is 0.479. The average molecular weight is 215 g/mol. The van der Waals surface area contributed by atoms with Gasteiger partial charge < -0.3 is 5.73 Å². The van der Waals surface area contributed by atoms with Crippen molar-refractivity contribution in [1.82, 2.24) is 0 Å². The molecule has 1 aromatic rings. The van der Waals surface area contributed by atoms with Crippen LogP contribution in [0.4, 0.5) is 0 Å². The van der Waals surface area contributed by atoms with E-state index in [9.17, 15) is 0 Å². The minimum absolute atomic E-state index is 0.156. The standard InChI is InChI=1S/C15H21N/c1-14(2,3)12-6-8-13(9-7-12)15(16)10-4-5-11-15/h4-9H,10-11,16H2,1-3H3. The highest BCUT2D eigenvalue weighted by atomic mass is 14.7. The van der Waals surface area contributed by atoms with Gasteiger partial charge in [-0.2, -0.15) is 0 Å². The average Bonchev–Trinajstić information content (AvgIpc) is 2.66.